The molecule has 1 heterocycles. The number of nitrogens with zero attached hydrogens (tertiary/aromatic N) is 2. The number of benzene rings is 1. The van der Waals surface area contributed by atoms with Crippen LogP contribution in [0.2, 0.25) is 5.02 Å². The molecule has 16 heavy (non-hydrogen) atoms. The molecule has 2 rings (SSSR count). The van der Waals surface area contributed by atoms with Crippen LogP contribution in [0.15, 0.2) is 18.2 Å². The van der Waals surface area contributed by atoms with Crippen LogP contribution in [0.3, 0.4) is 0 Å². The highest BCUT2D eigenvalue weighted by Gasteiger charge is 2.22. The summed E-state index contributed by atoms with van der Waals surface area (Å²) in [4.78, 5) is 11.8. The first kappa shape index (κ1) is 11.2. The molecule has 0 saturated carbocycles. The Morgan fingerprint density at radius 3 is 2.81 bits per heavy atom. The minimum Gasteiger partial charge on any atom is -0.319 e. The number of thioether (sulfide) groups is 1. The third kappa shape index (κ3) is 1.98. The molecule has 0 aliphatic carbocycles. The average Bonchev–Trinajstić information content (AvgIpc) is 2.64. The molecule has 1 aliphatic rings. The quantitative estimate of drug-likeness (QED) is 0.653. The minimum absolute atomic E-state index is 0.0351. The number of nitro groups is 1. The van der Waals surface area contributed by atoms with Gasteiger partial charge in [-0.05, 0) is 6.07 Å². The first-order valence-electron chi connectivity index (χ1n) is 4.52. The van der Waals surface area contributed by atoms with Crippen molar-refractivity contribution in [1.29, 1.82) is 5.41 Å². The van der Waals surface area contributed by atoms with Crippen molar-refractivity contribution >= 4 is 39.9 Å². The monoisotopic (exact) mass is 257 g/mol. The molecule has 0 unspecified atom stereocenters. The maximum absolute atomic E-state index is 10.5. The standard InChI is InChI=1S/C9H8ClN3O2S/c10-7-5-6(13(14)15)1-2-8(7)12-3-4-16-9(12)11/h1-2,5,11H,3-4H2. The van der Waals surface area contributed by atoms with Crippen LogP contribution in [-0.2, 0) is 0 Å². The number of amidine groups is 1. The van der Waals surface area contributed by atoms with E-state index in [0.717, 1.165) is 5.75 Å². The van der Waals surface area contributed by atoms with Crippen LogP contribution in [0.5, 0.6) is 0 Å². The summed E-state index contributed by atoms with van der Waals surface area (Å²) in [7, 11) is 0. The molecule has 7 heteroatoms. The molecule has 1 N–H and O–H groups in total. The summed E-state index contributed by atoms with van der Waals surface area (Å²) in [5, 5.41) is 18.9. The number of hydrogen-bond donors (Lipinski definition) is 1. The number of nitro benzene ring substituents is 1. The number of non-ortho nitro benzene ring substituents is 1. The molecule has 1 aromatic carbocycles. The lowest BCUT2D eigenvalue weighted by molar-refractivity contribution is -0.384. The zero-order valence-electron chi connectivity index (χ0n) is 8.14. The lowest BCUT2D eigenvalue weighted by Gasteiger charge is -2.17. The van der Waals surface area contributed by atoms with E-state index in [0.29, 0.717) is 22.4 Å². The molecule has 0 amide bonds. The molecule has 5 nitrogen and oxygen atoms in total. The Balaban J connectivity index is 2.36. The van der Waals surface area contributed by atoms with Crippen molar-refractivity contribution in [1.82, 2.24) is 0 Å². The van der Waals surface area contributed by atoms with Gasteiger partial charge in [0.25, 0.3) is 5.69 Å². The molecule has 0 spiro atoms. The molecule has 0 aromatic heterocycles. The zero-order valence-corrected chi connectivity index (χ0v) is 9.72. The van der Waals surface area contributed by atoms with E-state index in [1.165, 1.54) is 23.9 Å². The van der Waals surface area contributed by atoms with Crippen molar-refractivity contribution in [3.8, 4) is 0 Å². The minimum atomic E-state index is -0.486. The highest BCUT2D eigenvalue weighted by Crippen LogP contribution is 2.33. The first-order valence-corrected chi connectivity index (χ1v) is 5.89. The molecule has 1 fully saturated rings. The third-order valence-electron chi connectivity index (χ3n) is 2.23. The van der Waals surface area contributed by atoms with Gasteiger partial charge in [0.2, 0.25) is 0 Å². The number of nitrogens with one attached hydrogen (secondary N) is 1. The fourth-order valence-corrected chi connectivity index (χ4v) is 2.56. The van der Waals surface area contributed by atoms with Crippen LogP contribution < -0.4 is 4.90 Å². The molecule has 0 bridgehead atoms. The Morgan fingerprint density at radius 1 is 1.56 bits per heavy atom. The van der Waals surface area contributed by atoms with E-state index in [4.69, 9.17) is 17.0 Å². The van der Waals surface area contributed by atoms with Crippen molar-refractivity contribution in [2.45, 2.75) is 0 Å². The van der Waals surface area contributed by atoms with Gasteiger partial charge in [-0.25, -0.2) is 0 Å². The lowest BCUT2D eigenvalue weighted by atomic mass is 10.2. The smallest absolute Gasteiger partial charge is 0.271 e. The van der Waals surface area contributed by atoms with E-state index in [2.05, 4.69) is 0 Å². The Bertz CT molecular complexity index is 466. The molecule has 1 saturated heterocycles. The molecule has 0 atom stereocenters. The van der Waals surface area contributed by atoms with Gasteiger partial charge in [-0.1, -0.05) is 23.4 Å². The molecule has 1 aliphatic heterocycles. The van der Waals surface area contributed by atoms with E-state index >= 15 is 0 Å². The van der Waals surface area contributed by atoms with Crippen LogP contribution in [0.4, 0.5) is 11.4 Å². The SMILES string of the molecule is N=C1SCCN1c1ccc([N+](=O)[O-])cc1Cl. The predicted octanol–water partition coefficient (Wildman–Crippen LogP) is 2.74. The second-order valence-corrected chi connectivity index (χ2v) is 4.69. The zero-order chi connectivity index (χ0) is 11.7. The normalized spacial score (nSPS) is 15.6. The van der Waals surface area contributed by atoms with Crippen LogP contribution >= 0.6 is 23.4 Å². The van der Waals surface area contributed by atoms with Crippen molar-refractivity contribution in [2.75, 3.05) is 17.2 Å². The highest BCUT2D eigenvalue weighted by molar-refractivity contribution is 8.14. The Hall–Kier alpha value is -1.27. The van der Waals surface area contributed by atoms with E-state index < -0.39 is 4.92 Å². The van der Waals surface area contributed by atoms with Gasteiger partial charge in [0.05, 0.1) is 15.6 Å². The number of hydrogen-bond acceptors (Lipinski definition) is 4. The third-order valence-corrected chi connectivity index (χ3v) is 3.41. The Kier molecular flexibility index (Phi) is 3.02. The molecule has 0 radical (unpaired) electrons. The van der Waals surface area contributed by atoms with E-state index in [-0.39, 0.29) is 5.69 Å². The topological polar surface area (TPSA) is 70.2 Å². The van der Waals surface area contributed by atoms with Crippen LogP contribution in [0.1, 0.15) is 0 Å². The lowest BCUT2D eigenvalue weighted by Crippen LogP contribution is -2.22. The van der Waals surface area contributed by atoms with Gasteiger partial charge in [0.15, 0.2) is 5.17 Å². The maximum Gasteiger partial charge on any atom is 0.271 e. The van der Waals surface area contributed by atoms with Crippen molar-refractivity contribution in [3.63, 3.8) is 0 Å². The van der Waals surface area contributed by atoms with Crippen molar-refractivity contribution in [3.05, 3.63) is 33.3 Å². The van der Waals surface area contributed by atoms with Gasteiger partial charge >= 0.3 is 0 Å². The summed E-state index contributed by atoms with van der Waals surface area (Å²) >= 11 is 7.40. The number of anilines is 1. The summed E-state index contributed by atoms with van der Waals surface area (Å²) in [6, 6.07) is 4.30. The summed E-state index contributed by atoms with van der Waals surface area (Å²) < 4.78 is 0. The van der Waals surface area contributed by atoms with Crippen LogP contribution in [-0.4, -0.2) is 22.4 Å². The van der Waals surface area contributed by atoms with Gasteiger partial charge in [-0.2, -0.15) is 0 Å². The molecule has 84 valence electrons. The summed E-state index contributed by atoms with van der Waals surface area (Å²) in [5.74, 6) is 0.839. The summed E-state index contributed by atoms with van der Waals surface area (Å²) in [6.45, 7) is 0.709. The molecule has 1 aromatic rings. The van der Waals surface area contributed by atoms with Gasteiger partial charge < -0.3 is 4.90 Å². The van der Waals surface area contributed by atoms with E-state index in [1.54, 1.807) is 11.0 Å². The van der Waals surface area contributed by atoms with Crippen LogP contribution in [0, 0.1) is 15.5 Å². The van der Waals surface area contributed by atoms with Crippen LogP contribution in [0.25, 0.3) is 0 Å². The second-order valence-electron chi connectivity index (χ2n) is 3.20. The van der Waals surface area contributed by atoms with E-state index in [1.807, 2.05) is 0 Å². The first-order chi connectivity index (χ1) is 7.59. The van der Waals surface area contributed by atoms with Gasteiger partial charge in [-0.3, -0.25) is 15.5 Å². The van der Waals surface area contributed by atoms with Gasteiger partial charge in [0.1, 0.15) is 0 Å². The fourth-order valence-electron chi connectivity index (χ4n) is 1.47. The number of halogens is 1. The largest absolute Gasteiger partial charge is 0.319 e. The maximum atomic E-state index is 10.5. The molecular formula is C9H8ClN3O2S. The Labute approximate surface area is 101 Å². The average molecular weight is 258 g/mol. The van der Waals surface area contributed by atoms with Gasteiger partial charge in [-0.15, -0.1) is 0 Å². The Morgan fingerprint density at radius 2 is 2.31 bits per heavy atom. The number of rotatable bonds is 2. The van der Waals surface area contributed by atoms with Gasteiger partial charge in [0, 0.05) is 24.4 Å². The predicted molar refractivity (Wildman–Crippen MR) is 65.6 cm³/mol. The molecular weight excluding hydrogens is 250 g/mol. The van der Waals surface area contributed by atoms with Crippen molar-refractivity contribution in [2.24, 2.45) is 0 Å². The second kappa shape index (κ2) is 4.31. The summed E-state index contributed by atoms with van der Waals surface area (Å²) in [6.07, 6.45) is 0. The summed E-state index contributed by atoms with van der Waals surface area (Å²) in [5.41, 5.74) is 0.620. The van der Waals surface area contributed by atoms with Crippen molar-refractivity contribution < 1.29 is 4.92 Å². The highest BCUT2D eigenvalue weighted by atomic mass is 35.5. The van der Waals surface area contributed by atoms with E-state index in [9.17, 15) is 10.1 Å². The fraction of sp³-hybridized carbons (Fsp3) is 0.222.